The van der Waals surface area contributed by atoms with E-state index >= 15 is 0 Å². The van der Waals surface area contributed by atoms with E-state index in [9.17, 15) is 4.79 Å². The van der Waals surface area contributed by atoms with Crippen molar-refractivity contribution in [2.45, 2.75) is 26.3 Å². The quantitative estimate of drug-likeness (QED) is 0.847. The molecule has 2 aromatic heterocycles. The first-order valence-electron chi connectivity index (χ1n) is 6.04. The predicted molar refractivity (Wildman–Crippen MR) is 82.6 cm³/mol. The molecule has 3 nitrogen and oxygen atoms in total. The van der Waals surface area contributed by atoms with Crippen LogP contribution in [0, 0.1) is 0 Å². The monoisotopic (exact) mass is 338 g/mol. The first-order chi connectivity index (χ1) is 9.08. The maximum Gasteiger partial charge on any atom is 0.232 e. The molecule has 19 heavy (non-hydrogen) atoms. The Morgan fingerprint density at radius 2 is 2.21 bits per heavy atom. The Morgan fingerprint density at radius 1 is 1.42 bits per heavy atom. The number of carbonyl (C=O) groups excluding carboxylic acids is 1. The zero-order chi connectivity index (χ0) is 13.8. The predicted octanol–water partition coefficient (Wildman–Crippen LogP) is 3.89. The van der Waals surface area contributed by atoms with Gasteiger partial charge in [-0.25, -0.2) is 0 Å². The van der Waals surface area contributed by atoms with Crippen LogP contribution in [0.4, 0.5) is 5.69 Å². The number of carbonyl (C=O) groups is 1. The summed E-state index contributed by atoms with van der Waals surface area (Å²) in [7, 11) is 0. The molecular formula is C14H15BrN2OS. The zero-order valence-corrected chi connectivity index (χ0v) is 13.2. The van der Waals surface area contributed by atoms with E-state index in [1.165, 1.54) is 0 Å². The Morgan fingerprint density at radius 3 is 2.74 bits per heavy atom. The van der Waals surface area contributed by atoms with Crippen LogP contribution >= 0.6 is 27.3 Å². The normalized spacial score (nSPS) is 10.7. The second-order valence-corrected chi connectivity index (χ2v) is 7.00. The number of anilines is 1. The standard InChI is InChI=1S/C14H15BrN2OS/c1-10(2)17(11-4-3-7-16-9-11)14(18)8-12-5-6-13(15)19-12/h3-7,9-10H,8H2,1-2H3. The average molecular weight is 339 g/mol. The van der Waals surface area contributed by atoms with E-state index in [2.05, 4.69) is 20.9 Å². The van der Waals surface area contributed by atoms with Gasteiger partial charge in [0.05, 0.1) is 22.1 Å². The number of rotatable bonds is 4. The molecule has 0 unspecified atom stereocenters. The smallest absolute Gasteiger partial charge is 0.232 e. The number of halogens is 1. The molecule has 2 rings (SSSR count). The van der Waals surface area contributed by atoms with Crippen LogP contribution in [-0.4, -0.2) is 16.9 Å². The number of aromatic nitrogens is 1. The molecule has 0 fully saturated rings. The minimum atomic E-state index is 0.0948. The van der Waals surface area contributed by atoms with Gasteiger partial charge in [-0.2, -0.15) is 0 Å². The number of nitrogens with zero attached hydrogens (tertiary/aromatic N) is 2. The maximum atomic E-state index is 12.5. The van der Waals surface area contributed by atoms with Gasteiger partial charge in [-0.3, -0.25) is 9.78 Å². The summed E-state index contributed by atoms with van der Waals surface area (Å²) in [6.45, 7) is 4.02. The van der Waals surface area contributed by atoms with E-state index in [4.69, 9.17) is 0 Å². The Hall–Kier alpha value is -1.20. The van der Waals surface area contributed by atoms with Crippen LogP contribution in [0.15, 0.2) is 40.4 Å². The molecule has 5 heteroatoms. The summed E-state index contributed by atoms with van der Waals surface area (Å²) in [4.78, 5) is 19.4. The van der Waals surface area contributed by atoms with Gasteiger partial charge in [0, 0.05) is 17.1 Å². The third-order valence-corrected chi connectivity index (χ3v) is 4.29. The van der Waals surface area contributed by atoms with Gasteiger partial charge in [0.25, 0.3) is 0 Å². The van der Waals surface area contributed by atoms with Crippen molar-refractivity contribution >= 4 is 38.9 Å². The molecule has 0 aliphatic carbocycles. The van der Waals surface area contributed by atoms with Crippen molar-refractivity contribution in [1.82, 2.24) is 4.98 Å². The number of pyridine rings is 1. The summed E-state index contributed by atoms with van der Waals surface area (Å²) in [6.07, 6.45) is 3.86. The van der Waals surface area contributed by atoms with Crippen LogP contribution in [-0.2, 0) is 11.2 Å². The fourth-order valence-corrected chi connectivity index (χ4v) is 3.38. The lowest BCUT2D eigenvalue weighted by atomic mass is 10.2. The third-order valence-electron chi connectivity index (χ3n) is 2.66. The summed E-state index contributed by atoms with van der Waals surface area (Å²) < 4.78 is 1.05. The van der Waals surface area contributed by atoms with Crippen LogP contribution in [0.25, 0.3) is 0 Å². The van der Waals surface area contributed by atoms with Crippen molar-refractivity contribution in [1.29, 1.82) is 0 Å². The number of thiophene rings is 1. The van der Waals surface area contributed by atoms with Crippen molar-refractivity contribution in [3.05, 3.63) is 45.3 Å². The Bertz CT molecular complexity index is 554. The lowest BCUT2D eigenvalue weighted by molar-refractivity contribution is -0.118. The minimum absolute atomic E-state index is 0.0948. The molecule has 0 radical (unpaired) electrons. The first kappa shape index (κ1) is 14.2. The molecular weight excluding hydrogens is 324 g/mol. The molecule has 1 amide bonds. The Kier molecular flexibility index (Phi) is 4.71. The molecule has 0 saturated carbocycles. The summed E-state index contributed by atoms with van der Waals surface area (Å²) in [5, 5.41) is 0. The topological polar surface area (TPSA) is 33.2 Å². The molecule has 100 valence electrons. The van der Waals surface area contributed by atoms with E-state index in [0.29, 0.717) is 6.42 Å². The molecule has 2 aromatic rings. The zero-order valence-electron chi connectivity index (χ0n) is 10.8. The van der Waals surface area contributed by atoms with Crippen LogP contribution < -0.4 is 4.90 Å². The van der Waals surface area contributed by atoms with Crippen LogP contribution in [0.5, 0.6) is 0 Å². The third kappa shape index (κ3) is 3.64. The van der Waals surface area contributed by atoms with Crippen LogP contribution in [0.2, 0.25) is 0 Å². The van der Waals surface area contributed by atoms with Crippen molar-refractivity contribution in [2.75, 3.05) is 4.90 Å². The molecule has 0 aliphatic rings. The van der Waals surface area contributed by atoms with Gasteiger partial charge in [0.1, 0.15) is 0 Å². The van der Waals surface area contributed by atoms with Gasteiger partial charge < -0.3 is 4.90 Å². The summed E-state index contributed by atoms with van der Waals surface area (Å²) in [5.74, 6) is 0.0948. The van der Waals surface area contributed by atoms with Gasteiger partial charge in [0.2, 0.25) is 5.91 Å². The van der Waals surface area contributed by atoms with E-state index in [1.54, 1.807) is 28.6 Å². The SMILES string of the molecule is CC(C)N(C(=O)Cc1ccc(Br)s1)c1cccnc1. The first-order valence-corrected chi connectivity index (χ1v) is 7.65. The lowest BCUT2D eigenvalue weighted by Gasteiger charge is -2.26. The molecule has 0 atom stereocenters. The molecule has 0 bridgehead atoms. The highest BCUT2D eigenvalue weighted by Gasteiger charge is 2.19. The highest BCUT2D eigenvalue weighted by atomic mass is 79.9. The van der Waals surface area contributed by atoms with Crippen LogP contribution in [0.1, 0.15) is 18.7 Å². The van der Waals surface area contributed by atoms with Gasteiger partial charge >= 0.3 is 0 Å². The summed E-state index contributed by atoms with van der Waals surface area (Å²) in [6, 6.07) is 7.82. The second-order valence-electron chi connectivity index (χ2n) is 4.45. The fourth-order valence-electron chi connectivity index (χ4n) is 1.91. The van der Waals surface area contributed by atoms with Gasteiger partial charge in [-0.1, -0.05) is 0 Å². The van der Waals surface area contributed by atoms with Gasteiger partial charge in [-0.05, 0) is 54.0 Å². The van der Waals surface area contributed by atoms with Crippen LogP contribution in [0.3, 0.4) is 0 Å². The minimum Gasteiger partial charge on any atom is -0.308 e. The van der Waals surface area contributed by atoms with Gasteiger partial charge in [-0.15, -0.1) is 11.3 Å². The number of hydrogen-bond acceptors (Lipinski definition) is 3. The molecule has 0 saturated heterocycles. The van der Waals surface area contributed by atoms with E-state index in [1.807, 2.05) is 38.1 Å². The molecule has 2 heterocycles. The lowest BCUT2D eigenvalue weighted by Crippen LogP contribution is -2.38. The Labute approximate surface area is 125 Å². The highest BCUT2D eigenvalue weighted by Crippen LogP contribution is 2.24. The molecule has 0 aliphatic heterocycles. The second kappa shape index (κ2) is 6.30. The van der Waals surface area contributed by atoms with Crippen molar-refractivity contribution in [3.8, 4) is 0 Å². The molecule has 0 spiro atoms. The fraction of sp³-hybridized carbons (Fsp3) is 0.286. The summed E-state index contributed by atoms with van der Waals surface area (Å²) >= 11 is 5.01. The van der Waals surface area contributed by atoms with Crippen molar-refractivity contribution in [3.63, 3.8) is 0 Å². The van der Waals surface area contributed by atoms with E-state index in [0.717, 1.165) is 14.4 Å². The number of amides is 1. The maximum absolute atomic E-state index is 12.5. The van der Waals surface area contributed by atoms with E-state index in [-0.39, 0.29) is 11.9 Å². The van der Waals surface area contributed by atoms with Crippen molar-refractivity contribution < 1.29 is 4.79 Å². The average Bonchev–Trinajstić information content (AvgIpc) is 2.75. The highest BCUT2D eigenvalue weighted by molar-refractivity contribution is 9.11. The molecule has 0 N–H and O–H groups in total. The van der Waals surface area contributed by atoms with Gasteiger partial charge in [0.15, 0.2) is 0 Å². The Balaban J connectivity index is 2.18. The largest absolute Gasteiger partial charge is 0.308 e. The molecule has 0 aromatic carbocycles. The van der Waals surface area contributed by atoms with Crippen molar-refractivity contribution in [2.24, 2.45) is 0 Å². The number of hydrogen-bond donors (Lipinski definition) is 0. The van der Waals surface area contributed by atoms with E-state index < -0.39 is 0 Å². The summed E-state index contributed by atoms with van der Waals surface area (Å²) in [5.41, 5.74) is 0.845.